The summed E-state index contributed by atoms with van der Waals surface area (Å²) >= 11 is 6.61. The number of halogens is 3. The van der Waals surface area contributed by atoms with E-state index in [1.807, 2.05) is 12.1 Å². The Balaban J connectivity index is 2.11. The first-order valence-electron chi connectivity index (χ1n) is 5.94. The predicted octanol–water partition coefficient (Wildman–Crippen LogP) is 4.63. The van der Waals surface area contributed by atoms with E-state index in [9.17, 15) is 4.39 Å². The fourth-order valence-electron chi connectivity index (χ4n) is 1.58. The Morgan fingerprint density at radius 3 is 2.59 bits per heavy atom. The van der Waals surface area contributed by atoms with Gasteiger partial charge >= 0.3 is 0 Å². The summed E-state index contributed by atoms with van der Waals surface area (Å²) in [4.78, 5) is 0. The summed E-state index contributed by atoms with van der Waals surface area (Å²) < 4.78 is 13.5. The zero-order valence-electron chi connectivity index (χ0n) is 9.82. The standard InChI is InChI=1S/C13H18Br2FN/c14-7-3-1-2-4-8-17-10-11-5-6-13(16)12(15)9-11/h5-6,9,17H,1-4,7-8,10H2. The zero-order chi connectivity index (χ0) is 12.5. The third kappa shape index (κ3) is 6.53. The highest BCUT2D eigenvalue weighted by atomic mass is 79.9. The molecule has 4 heteroatoms. The Bertz CT molecular complexity index is 331. The molecule has 0 aliphatic rings. The minimum absolute atomic E-state index is 0.205. The lowest BCUT2D eigenvalue weighted by atomic mass is 10.2. The molecule has 0 bridgehead atoms. The highest BCUT2D eigenvalue weighted by molar-refractivity contribution is 9.10. The molecule has 0 saturated carbocycles. The van der Waals surface area contributed by atoms with Crippen LogP contribution in [0, 0.1) is 5.82 Å². The topological polar surface area (TPSA) is 12.0 Å². The Hall–Kier alpha value is 0.0700. The van der Waals surface area contributed by atoms with E-state index in [1.54, 1.807) is 0 Å². The fourth-order valence-corrected chi connectivity index (χ4v) is 2.40. The highest BCUT2D eigenvalue weighted by Crippen LogP contribution is 2.16. The van der Waals surface area contributed by atoms with Crippen molar-refractivity contribution in [2.24, 2.45) is 0 Å². The van der Waals surface area contributed by atoms with Crippen molar-refractivity contribution < 1.29 is 4.39 Å². The molecule has 17 heavy (non-hydrogen) atoms. The molecule has 1 N–H and O–H groups in total. The minimum atomic E-state index is -0.205. The average Bonchev–Trinajstić information content (AvgIpc) is 2.32. The number of alkyl halides is 1. The zero-order valence-corrected chi connectivity index (χ0v) is 13.0. The van der Waals surface area contributed by atoms with Gasteiger partial charge in [-0.1, -0.05) is 34.8 Å². The van der Waals surface area contributed by atoms with Gasteiger partial charge in [0, 0.05) is 11.9 Å². The van der Waals surface area contributed by atoms with Crippen molar-refractivity contribution >= 4 is 31.9 Å². The van der Waals surface area contributed by atoms with Crippen LogP contribution < -0.4 is 5.32 Å². The minimum Gasteiger partial charge on any atom is -0.313 e. The van der Waals surface area contributed by atoms with Crippen molar-refractivity contribution in [3.05, 3.63) is 34.1 Å². The number of nitrogens with one attached hydrogen (secondary N) is 1. The van der Waals surface area contributed by atoms with Crippen LogP contribution in [-0.2, 0) is 6.54 Å². The first kappa shape index (κ1) is 15.1. The Morgan fingerprint density at radius 1 is 1.12 bits per heavy atom. The Kier molecular flexibility index (Phi) is 8.06. The van der Waals surface area contributed by atoms with Crippen molar-refractivity contribution in [1.82, 2.24) is 5.32 Å². The van der Waals surface area contributed by atoms with Crippen LogP contribution in [0.15, 0.2) is 22.7 Å². The van der Waals surface area contributed by atoms with Crippen LogP contribution in [-0.4, -0.2) is 11.9 Å². The van der Waals surface area contributed by atoms with E-state index in [-0.39, 0.29) is 5.82 Å². The third-order valence-electron chi connectivity index (χ3n) is 2.55. The summed E-state index contributed by atoms with van der Waals surface area (Å²) in [5, 5.41) is 4.47. The van der Waals surface area contributed by atoms with E-state index in [0.29, 0.717) is 4.47 Å². The lowest BCUT2D eigenvalue weighted by molar-refractivity contribution is 0.596. The normalized spacial score (nSPS) is 10.8. The van der Waals surface area contributed by atoms with Crippen LogP contribution in [0.25, 0.3) is 0 Å². The summed E-state index contributed by atoms with van der Waals surface area (Å²) in [6.07, 6.45) is 5.01. The molecule has 0 heterocycles. The van der Waals surface area contributed by atoms with E-state index < -0.39 is 0 Å². The quantitative estimate of drug-likeness (QED) is 0.522. The second-order valence-electron chi connectivity index (χ2n) is 4.03. The monoisotopic (exact) mass is 365 g/mol. The number of hydrogen-bond acceptors (Lipinski definition) is 1. The molecule has 0 aliphatic carbocycles. The molecule has 96 valence electrons. The second kappa shape index (κ2) is 9.06. The molecule has 0 fully saturated rings. The van der Waals surface area contributed by atoms with Crippen molar-refractivity contribution in [3.63, 3.8) is 0 Å². The SMILES string of the molecule is Fc1ccc(CNCCCCCCBr)cc1Br. The van der Waals surface area contributed by atoms with Crippen molar-refractivity contribution in [3.8, 4) is 0 Å². The average molecular weight is 367 g/mol. The maximum Gasteiger partial charge on any atom is 0.137 e. The molecule has 0 radical (unpaired) electrons. The van der Waals surface area contributed by atoms with Crippen LogP contribution >= 0.6 is 31.9 Å². The summed E-state index contributed by atoms with van der Waals surface area (Å²) in [6.45, 7) is 1.83. The van der Waals surface area contributed by atoms with E-state index >= 15 is 0 Å². The highest BCUT2D eigenvalue weighted by Gasteiger charge is 1.99. The fraction of sp³-hybridized carbons (Fsp3) is 0.538. The molecule has 0 saturated heterocycles. The third-order valence-corrected chi connectivity index (χ3v) is 3.72. The Morgan fingerprint density at radius 2 is 1.88 bits per heavy atom. The molecule has 1 aromatic carbocycles. The van der Waals surface area contributed by atoms with Gasteiger partial charge in [-0.05, 0) is 53.0 Å². The molecule has 1 nitrogen and oxygen atoms in total. The van der Waals surface area contributed by atoms with Gasteiger partial charge in [-0.15, -0.1) is 0 Å². The molecule has 1 aromatic rings. The molecule has 0 aromatic heterocycles. The van der Waals surface area contributed by atoms with Gasteiger partial charge in [0.1, 0.15) is 5.82 Å². The van der Waals surface area contributed by atoms with Crippen molar-refractivity contribution in [1.29, 1.82) is 0 Å². The molecule has 1 rings (SSSR count). The maximum atomic E-state index is 13.0. The predicted molar refractivity (Wildman–Crippen MR) is 78.1 cm³/mol. The van der Waals surface area contributed by atoms with Crippen LogP contribution in [0.3, 0.4) is 0 Å². The van der Waals surface area contributed by atoms with Crippen LogP contribution in [0.1, 0.15) is 31.2 Å². The van der Waals surface area contributed by atoms with Gasteiger partial charge in [-0.25, -0.2) is 4.39 Å². The van der Waals surface area contributed by atoms with E-state index in [2.05, 4.69) is 37.2 Å². The number of benzene rings is 1. The second-order valence-corrected chi connectivity index (χ2v) is 5.68. The Labute approximate surface area is 119 Å². The molecule has 0 unspecified atom stereocenters. The van der Waals surface area contributed by atoms with Gasteiger partial charge in [0.05, 0.1) is 4.47 Å². The van der Waals surface area contributed by atoms with Gasteiger partial charge < -0.3 is 5.32 Å². The lowest BCUT2D eigenvalue weighted by Gasteiger charge is -2.05. The van der Waals surface area contributed by atoms with Crippen molar-refractivity contribution in [2.45, 2.75) is 32.2 Å². The summed E-state index contributed by atoms with van der Waals surface area (Å²) in [6, 6.07) is 5.14. The van der Waals surface area contributed by atoms with E-state index in [4.69, 9.17) is 0 Å². The van der Waals surface area contributed by atoms with E-state index in [0.717, 1.165) is 24.0 Å². The molecular weight excluding hydrogens is 349 g/mol. The van der Waals surface area contributed by atoms with Crippen LogP contribution in [0.5, 0.6) is 0 Å². The van der Waals surface area contributed by atoms with E-state index in [1.165, 1.54) is 31.7 Å². The molecular formula is C13H18Br2FN. The van der Waals surface area contributed by atoms with Gasteiger partial charge in [-0.2, -0.15) is 0 Å². The number of hydrogen-bond donors (Lipinski definition) is 1. The largest absolute Gasteiger partial charge is 0.313 e. The van der Waals surface area contributed by atoms with Gasteiger partial charge in [0.15, 0.2) is 0 Å². The maximum absolute atomic E-state index is 13.0. The molecule has 0 spiro atoms. The van der Waals surface area contributed by atoms with Crippen molar-refractivity contribution in [2.75, 3.05) is 11.9 Å². The van der Waals surface area contributed by atoms with Crippen LogP contribution in [0.4, 0.5) is 4.39 Å². The first-order valence-corrected chi connectivity index (χ1v) is 7.86. The van der Waals surface area contributed by atoms with Gasteiger partial charge in [0.25, 0.3) is 0 Å². The number of unbranched alkanes of at least 4 members (excludes halogenated alkanes) is 3. The van der Waals surface area contributed by atoms with Gasteiger partial charge in [-0.3, -0.25) is 0 Å². The summed E-state index contributed by atoms with van der Waals surface area (Å²) in [5.74, 6) is -0.205. The molecule has 0 amide bonds. The summed E-state index contributed by atoms with van der Waals surface area (Å²) in [5.41, 5.74) is 1.11. The first-order chi connectivity index (χ1) is 8.24. The molecule has 0 aliphatic heterocycles. The van der Waals surface area contributed by atoms with Gasteiger partial charge in [0.2, 0.25) is 0 Å². The smallest absolute Gasteiger partial charge is 0.137 e. The molecule has 0 atom stereocenters. The number of rotatable bonds is 8. The lowest BCUT2D eigenvalue weighted by Crippen LogP contribution is -2.14. The van der Waals surface area contributed by atoms with Crippen LogP contribution in [0.2, 0.25) is 0 Å². The summed E-state index contributed by atoms with van der Waals surface area (Å²) in [7, 11) is 0.